The fourth-order valence-corrected chi connectivity index (χ4v) is 2.52. The molecule has 6 heteroatoms. The van der Waals surface area contributed by atoms with Crippen LogP contribution in [-0.4, -0.2) is 55.1 Å². The minimum absolute atomic E-state index is 0.0656. The number of hydrogen-bond donors (Lipinski definition) is 1. The van der Waals surface area contributed by atoms with E-state index >= 15 is 0 Å². The fraction of sp³-hybridized carbons (Fsp3) is 0.917. The summed E-state index contributed by atoms with van der Waals surface area (Å²) in [7, 11) is 0. The second-order valence-electron chi connectivity index (χ2n) is 5.01. The molecule has 0 radical (unpaired) electrons. The average Bonchev–Trinajstić information content (AvgIpc) is 2.94. The molecule has 0 aliphatic carbocycles. The molecule has 2 rings (SSSR count). The smallest absolute Gasteiger partial charge is 0.262 e. The van der Waals surface area contributed by atoms with Crippen LogP contribution >= 0.6 is 0 Å². The van der Waals surface area contributed by atoms with Gasteiger partial charge in [0.15, 0.2) is 0 Å². The summed E-state index contributed by atoms with van der Waals surface area (Å²) in [5.74, 6) is -2.99. The van der Waals surface area contributed by atoms with Crippen LogP contribution in [-0.2, 0) is 9.53 Å². The Balaban J connectivity index is 1.89. The minimum Gasteiger partial charge on any atom is -0.376 e. The van der Waals surface area contributed by atoms with E-state index in [9.17, 15) is 13.6 Å². The number of amides is 1. The molecule has 0 aromatic rings. The van der Waals surface area contributed by atoms with Crippen LogP contribution in [0.4, 0.5) is 8.78 Å². The van der Waals surface area contributed by atoms with Gasteiger partial charge >= 0.3 is 0 Å². The van der Waals surface area contributed by atoms with Crippen LogP contribution in [0.25, 0.3) is 0 Å². The van der Waals surface area contributed by atoms with Crippen molar-refractivity contribution in [2.45, 2.75) is 44.3 Å². The van der Waals surface area contributed by atoms with Crippen molar-refractivity contribution in [2.24, 2.45) is 0 Å². The van der Waals surface area contributed by atoms with E-state index in [1.807, 2.05) is 6.92 Å². The maximum atomic E-state index is 13.1. The molecule has 2 aliphatic heterocycles. The maximum absolute atomic E-state index is 13.1. The van der Waals surface area contributed by atoms with Crippen LogP contribution in [0.15, 0.2) is 0 Å². The van der Waals surface area contributed by atoms with Crippen LogP contribution in [0.5, 0.6) is 0 Å². The SMILES string of the molecule is CCN(CC1CCCO1)C(=O)C1CC(F)(F)CN1. The first-order valence-electron chi connectivity index (χ1n) is 6.53. The normalized spacial score (nSPS) is 30.6. The first-order valence-corrected chi connectivity index (χ1v) is 6.53. The van der Waals surface area contributed by atoms with Crippen molar-refractivity contribution in [3.63, 3.8) is 0 Å². The summed E-state index contributed by atoms with van der Waals surface area (Å²) in [4.78, 5) is 13.7. The predicted molar refractivity (Wildman–Crippen MR) is 62.6 cm³/mol. The van der Waals surface area contributed by atoms with Gasteiger partial charge in [0.25, 0.3) is 5.92 Å². The van der Waals surface area contributed by atoms with Crippen molar-refractivity contribution >= 4 is 5.91 Å². The number of nitrogens with zero attached hydrogens (tertiary/aromatic N) is 1. The number of carbonyl (C=O) groups is 1. The van der Waals surface area contributed by atoms with Gasteiger partial charge < -0.3 is 9.64 Å². The first kappa shape index (κ1) is 13.7. The summed E-state index contributed by atoms with van der Waals surface area (Å²) >= 11 is 0. The third-order valence-corrected chi connectivity index (χ3v) is 3.55. The number of nitrogens with one attached hydrogen (secondary N) is 1. The highest BCUT2D eigenvalue weighted by atomic mass is 19.3. The molecule has 2 heterocycles. The van der Waals surface area contributed by atoms with E-state index in [0.29, 0.717) is 13.1 Å². The molecule has 1 N–H and O–H groups in total. The standard InChI is InChI=1S/C12H20F2N2O2/c1-2-16(7-9-4-3-5-18-9)11(17)10-6-12(13,14)8-15-10/h9-10,15H,2-8H2,1H3. The number of ether oxygens (including phenoxy) is 1. The summed E-state index contributed by atoms with van der Waals surface area (Å²) < 4.78 is 31.6. The molecule has 2 fully saturated rings. The van der Waals surface area contributed by atoms with Crippen molar-refractivity contribution in [1.29, 1.82) is 0 Å². The highest BCUT2D eigenvalue weighted by molar-refractivity contribution is 5.82. The van der Waals surface area contributed by atoms with Crippen molar-refractivity contribution < 1.29 is 18.3 Å². The quantitative estimate of drug-likeness (QED) is 0.822. The van der Waals surface area contributed by atoms with Crippen molar-refractivity contribution in [3.8, 4) is 0 Å². The average molecular weight is 262 g/mol. The maximum Gasteiger partial charge on any atom is 0.262 e. The molecule has 4 nitrogen and oxygen atoms in total. The van der Waals surface area contributed by atoms with Gasteiger partial charge in [-0.15, -0.1) is 0 Å². The van der Waals surface area contributed by atoms with Crippen molar-refractivity contribution in [1.82, 2.24) is 10.2 Å². The van der Waals surface area contributed by atoms with Crippen molar-refractivity contribution in [3.05, 3.63) is 0 Å². The Hall–Kier alpha value is -0.750. The van der Waals surface area contributed by atoms with E-state index in [-0.39, 0.29) is 12.0 Å². The Labute approximate surface area is 106 Å². The van der Waals surface area contributed by atoms with Gasteiger partial charge in [-0.25, -0.2) is 8.78 Å². The molecule has 0 bridgehead atoms. The number of halogens is 2. The lowest BCUT2D eigenvalue weighted by Gasteiger charge is -2.26. The van der Waals surface area contributed by atoms with Gasteiger partial charge in [-0.05, 0) is 19.8 Å². The van der Waals surface area contributed by atoms with E-state index in [2.05, 4.69) is 5.32 Å². The van der Waals surface area contributed by atoms with E-state index in [4.69, 9.17) is 4.74 Å². The molecule has 18 heavy (non-hydrogen) atoms. The number of alkyl halides is 2. The van der Waals surface area contributed by atoms with E-state index in [1.165, 1.54) is 0 Å². The van der Waals surface area contributed by atoms with Crippen LogP contribution in [0.1, 0.15) is 26.2 Å². The molecule has 0 aromatic carbocycles. The molecule has 104 valence electrons. The van der Waals surface area contributed by atoms with E-state index in [0.717, 1.165) is 19.4 Å². The predicted octanol–water partition coefficient (Wildman–Crippen LogP) is 1.01. The summed E-state index contributed by atoms with van der Waals surface area (Å²) in [6.45, 7) is 3.23. The number of rotatable bonds is 4. The van der Waals surface area contributed by atoms with Crippen LogP contribution < -0.4 is 5.32 Å². The lowest BCUT2D eigenvalue weighted by molar-refractivity contribution is -0.135. The molecule has 0 saturated carbocycles. The zero-order valence-electron chi connectivity index (χ0n) is 10.6. The molecule has 2 unspecified atom stereocenters. The lowest BCUT2D eigenvalue weighted by Crippen LogP contribution is -2.46. The van der Waals surface area contributed by atoms with E-state index in [1.54, 1.807) is 4.90 Å². The molecule has 0 spiro atoms. The number of hydrogen-bond acceptors (Lipinski definition) is 3. The number of likely N-dealkylation sites (N-methyl/N-ethyl adjacent to an activating group) is 1. The topological polar surface area (TPSA) is 41.6 Å². The molecule has 2 aliphatic rings. The van der Waals surface area contributed by atoms with Gasteiger partial charge in [0.05, 0.1) is 18.7 Å². The third kappa shape index (κ3) is 3.17. The monoisotopic (exact) mass is 262 g/mol. The Morgan fingerprint density at radius 1 is 1.56 bits per heavy atom. The minimum atomic E-state index is -2.76. The van der Waals surface area contributed by atoms with Gasteiger partial charge in [-0.3, -0.25) is 10.1 Å². The van der Waals surface area contributed by atoms with Crippen LogP contribution in [0.2, 0.25) is 0 Å². The molecule has 1 amide bonds. The summed E-state index contributed by atoms with van der Waals surface area (Å²) in [5.41, 5.74) is 0. The highest BCUT2D eigenvalue weighted by Gasteiger charge is 2.43. The zero-order valence-corrected chi connectivity index (χ0v) is 10.6. The Kier molecular flexibility index (Phi) is 4.17. The zero-order chi connectivity index (χ0) is 13.2. The molecular weight excluding hydrogens is 242 g/mol. The Bertz CT molecular complexity index is 306. The molecule has 2 saturated heterocycles. The second-order valence-corrected chi connectivity index (χ2v) is 5.01. The third-order valence-electron chi connectivity index (χ3n) is 3.55. The van der Waals surface area contributed by atoms with Gasteiger partial charge in [-0.2, -0.15) is 0 Å². The summed E-state index contributed by atoms with van der Waals surface area (Å²) in [5, 5.41) is 2.60. The molecular formula is C12H20F2N2O2. The highest BCUT2D eigenvalue weighted by Crippen LogP contribution is 2.26. The summed E-state index contributed by atoms with van der Waals surface area (Å²) in [6.07, 6.45) is 1.62. The van der Waals surface area contributed by atoms with E-state index < -0.39 is 24.9 Å². The summed E-state index contributed by atoms with van der Waals surface area (Å²) in [6, 6.07) is -0.749. The largest absolute Gasteiger partial charge is 0.376 e. The van der Waals surface area contributed by atoms with Gasteiger partial charge in [0.2, 0.25) is 5.91 Å². The van der Waals surface area contributed by atoms with Crippen molar-refractivity contribution in [2.75, 3.05) is 26.2 Å². The lowest BCUT2D eigenvalue weighted by atomic mass is 10.1. The molecule has 2 atom stereocenters. The van der Waals surface area contributed by atoms with Gasteiger partial charge in [0.1, 0.15) is 0 Å². The molecule has 0 aromatic heterocycles. The van der Waals surface area contributed by atoms with Gasteiger partial charge in [-0.1, -0.05) is 0 Å². The van der Waals surface area contributed by atoms with Gasteiger partial charge in [0, 0.05) is 26.1 Å². The van der Waals surface area contributed by atoms with Crippen LogP contribution in [0, 0.1) is 0 Å². The van der Waals surface area contributed by atoms with Crippen LogP contribution in [0.3, 0.4) is 0 Å². The fourth-order valence-electron chi connectivity index (χ4n) is 2.52. The first-order chi connectivity index (χ1) is 8.52. The second kappa shape index (κ2) is 5.48. The number of carbonyl (C=O) groups excluding carboxylic acids is 1. The Morgan fingerprint density at radius 3 is 2.83 bits per heavy atom. The Morgan fingerprint density at radius 2 is 2.33 bits per heavy atom.